The number of ether oxygens (including phenoxy) is 1. The predicted octanol–water partition coefficient (Wildman–Crippen LogP) is 2.06. The monoisotopic (exact) mass is 247 g/mol. The van der Waals surface area contributed by atoms with E-state index >= 15 is 0 Å². The molecule has 0 atom stereocenters. The van der Waals surface area contributed by atoms with Crippen molar-refractivity contribution in [1.82, 2.24) is 4.90 Å². The molecule has 0 saturated heterocycles. The minimum atomic E-state index is 0.584. The Morgan fingerprint density at radius 1 is 1.44 bits per heavy atom. The summed E-state index contributed by atoms with van der Waals surface area (Å²) in [7, 11) is 5.33. The van der Waals surface area contributed by atoms with Crippen LogP contribution in [-0.4, -0.2) is 43.9 Å². The molecule has 0 radical (unpaired) electrons. The lowest BCUT2D eigenvalue weighted by Gasteiger charge is -2.08. The van der Waals surface area contributed by atoms with E-state index in [1.54, 1.807) is 25.6 Å². The van der Waals surface area contributed by atoms with E-state index in [1.807, 2.05) is 25.1 Å². The van der Waals surface area contributed by atoms with Gasteiger partial charge in [0.2, 0.25) is 0 Å². The third-order valence-electron chi connectivity index (χ3n) is 2.21. The Morgan fingerprint density at radius 2 is 2.17 bits per heavy atom. The minimum absolute atomic E-state index is 0.584. The number of hydrogen-bond acceptors (Lipinski definition) is 4. The van der Waals surface area contributed by atoms with Gasteiger partial charge in [-0.3, -0.25) is 0 Å². The summed E-state index contributed by atoms with van der Waals surface area (Å²) >= 11 is 0. The van der Waals surface area contributed by atoms with Crippen molar-refractivity contribution >= 4 is 18.3 Å². The lowest BCUT2D eigenvalue weighted by Crippen LogP contribution is -2.07. The van der Waals surface area contributed by atoms with Crippen LogP contribution < -0.4 is 4.74 Å². The largest absolute Gasteiger partial charge is 0.497 e. The summed E-state index contributed by atoms with van der Waals surface area (Å²) in [5.41, 5.74) is 2.06. The van der Waals surface area contributed by atoms with E-state index in [0.29, 0.717) is 17.0 Å². The molecule has 0 unspecified atom stereocenters. The molecular weight excluding hydrogens is 230 g/mol. The third kappa shape index (κ3) is 3.62. The van der Waals surface area contributed by atoms with E-state index in [2.05, 4.69) is 16.7 Å². The van der Waals surface area contributed by atoms with Crippen molar-refractivity contribution in [3.8, 4) is 5.75 Å². The minimum Gasteiger partial charge on any atom is -0.497 e. The van der Waals surface area contributed by atoms with Gasteiger partial charge in [-0.2, -0.15) is 0 Å². The molecule has 0 aromatic heterocycles. The van der Waals surface area contributed by atoms with Crippen LogP contribution in [0.25, 0.3) is 5.70 Å². The summed E-state index contributed by atoms with van der Waals surface area (Å²) in [6, 6.07) is 5.39. The fourth-order valence-corrected chi connectivity index (χ4v) is 1.35. The SMILES string of the molecule is C=C(/N=C\N(C)C)c1ccc(OC)cc1/C=N\O. The number of hydrogen-bond donors (Lipinski definition) is 1. The van der Waals surface area contributed by atoms with Crippen LogP contribution in [0.3, 0.4) is 0 Å². The van der Waals surface area contributed by atoms with Crippen LogP contribution >= 0.6 is 0 Å². The van der Waals surface area contributed by atoms with Crippen LogP contribution in [-0.2, 0) is 0 Å². The third-order valence-corrected chi connectivity index (χ3v) is 2.21. The van der Waals surface area contributed by atoms with Gasteiger partial charge in [0.1, 0.15) is 5.75 Å². The fraction of sp³-hybridized carbons (Fsp3) is 0.231. The van der Waals surface area contributed by atoms with Gasteiger partial charge in [0.15, 0.2) is 0 Å². The highest BCUT2D eigenvalue weighted by Gasteiger charge is 2.05. The van der Waals surface area contributed by atoms with Crippen molar-refractivity contribution in [3.63, 3.8) is 0 Å². The molecule has 18 heavy (non-hydrogen) atoms. The Labute approximate surface area is 107 Å². The molecule has 0 aliphatic carbocycles. The second-order valence-electron chi connectivity index (χ2n) is 3.85. The van der Waals surface area contributed by atoms with Crippen LogP contribution in [0.1, 0.15) is 11.1 Å². The average Bonchev–Trinajstić information content (AvgIpc) is 2.36. The molecular formula is C13H17N3O2. The highest BCUT2D eigenvalue weighted by atomic mass is 16.5. The Bertz CT molecular complexity index is 479. The maximum Gasteiger partial charge on any atom is 0.119 e. The Hall–Kier alpha value is -2.30. The second kappa shape index (κ2) is 6.44. The van der Waals surface area contributed by atoms with Gasteiger partial charge >= 0.3 is 0 Å². The normalized spacial score (nSPS) is 11.1. The molecule has 0 saturated carbocycles. The van der Waals surface area contributed by atoms with Crippen molar-refractivity contribution in [3.05, 3.63) is 35.9 Å². The molecule has 1 aromatic rings. The topological polar surface area (TPSA) is 57.4 Å². The molecule has 0 bridgehead atoms. The van der Waals surface area contributed by atoms with E-state index in [9.17, 15) is 0 Å². The second-order valence-corrected chi connectivity index (χ2v) is 3.85. The number of benzene rings is 1. The Morgan fingerprint density at radius 3 is 2.72 bits per heavy atom. The van der Waals surface area contributed by atoms with Gasteiger partial charge < -0.3 is 14.8 Å². The van der Waals surface area contributed by atoms with Crippen LogP contribution in [0.4, 0.5) is 0 Å². The highest BCUT2D eigenvalue weighted by Crippen LogP contribution is 2.22. The van der Waals surface area contributed by atoms with Crippen molar-refractivity contribution in [2.45, 2.75) is 0 Å². The van der Waals surface area contributed by atoms with Crippen molar-refractivity contribution in [2.75, 3.05) is 21.2 Å². The maximum atomic E-state index is 8.66. The number of aliphatic imine (C=N–C) groups is 1. The summed E-state index contributed by atoms with van der Waals surface area (Å²) in [5, 5.41) is 11.7. The number of methoxy groups -OCH3 is 1. The molecule has 0 heterocycles. The summed E-state index contributed by atoms with van der Waals surface area (Å²) in [6.45, 7) is 3.89. The zero-order chi connectivity index (χ0) is 13.5. The Kier molecular flexibility index (Phi) is 4.92. The molecule has 1 aromatic carbocycles. The lowest BCUT2D eigenvalue weighted by molar-refractivity contribution is 0.322. The highest BCUT2D eigenvalue weighted by molar-refractivity contribution is 5.89. The molecule has 0 spiro atoms. The maximum absolute atomic E-state index is 8.66. The van der Waals surface area contributed by atoms with E-state index in [1.165, 1.54) is 6.21 Å². The first kappa shape index (κ1) is 13.8. The van der Waals surface area contributed by atoms with Crippen LogP contribution in [0, 0.1) is 0 Å². The first-order valence-corrected chi connectivity index (χ1v) is 5.34. The fourth-order valence-electron chi connectivity index (χ4n) is 1.35. The smallest absolute Gasteiger partial charge is 0.119 e. The zero-order valence-electron chi connectivity index (χ0n) is 10.8. The molecule has 5 nitrogen and oxygen atoms in total. The molecule has 1 N–H and O–H groups in total. The van der Waals surface area contributed by atoms with Crippen LogP contribution in [0.5, 0.6) is 5.75 Å². The number of nitrogens with zero attached hydrogens (tertiary/aromatic N) is 3. The van der Waals surface area contributed by atoms with Gasteiger partial charge in [-0.25, -0.2) is 4.99 Å². The van der Waals surface area contributed by atoms with E-state index in [-0.39, 0.29) is 0 Å². The summed E-state index contributed by atoms with van der Waals surface area (Å²) in [5.74, 6) is 0.679. The van der Waals surface area contributed by atoms with Crippen LogP contribution in [0.2, 0.25) is 0 Å². The molecule has 5 heteroatoms. The first-order chi connectivity index (χ1) is 8.58. The van der Waals surface area contributed by atoms with Gasteiger partial charge in [0.05, 0.1) is 25.4 Å². The van der Waals surface area contributed by atoms with Gasteiger partial charge in [-0.05, 0) is 18.2 Å². The van der Waals surface area contributed by atoms with Crippen molar-refractivity contribution in [2.24, 2.45) is 10.1 Å². The molecule has 1 rings (SSSR count). The van der Waals surface area contributed by atoms with Crippen LogP contribution in [0.15, 0.2) is 34.9 Å². The molecule has 0 fully saturated rings. The van der Waals surface area contributed by atoms with Gasteiger partial charge in [-0.15, -0.1) is 0 Å². The lowest BCUT2D eigenvalue weighted by atomic mass is 10.1. The van der Waals surface area contributed by atoms with E-state index in [0.717, 1.165) is 5.56 Å². The first-order valence-electron chi connectivity index (χ1n) is 5.34. The van der Waals surface area contributed by atoms with Crippen molar-refractivity contribution < 1.29 is 9.94 Å². The summed E-state index contributed by atoms with van der Waals surface area (Å²) in [6.07, 6.45) is 2.99. The van der Waals surface area contributed by atoms with Gasteiger partial charge in [0.25, 0.3) is 0 Å². The Balaban J connectivity index is 3.11. The standard InChI is InChI=1S/C13H17N3O2/c1-10(14-9-16(2)3)13-6-5-12(18-4)7-11(13)8-15-17/h5-9,17H,1H2,2-4H3/b14-9-,15-8-. The predicted molar refractivity (Wildman–Crippen MR) is 73.6 cm³/mol. The number of oxime groups is 1. The van der Waals surface area contributed by atoms with Crippen molar-refractivity contribution in [1.29, 1.82) is 0 Å². The average molecular weight is 247 g/mol. The molecule has 96 valence electrons. The summed E-state index contributed by atoms with van der Waals surface area (Å²) < 4.78 is 5.11. The molecule has 0 amide bonds. The van der Waals surface area contributed by atoms with E-state index < -0.39 is 0 Å². The van der Waals surface area contributed by atoms with Gasteiger partial charge in [-0.1, -0.05) is 11.7 Å². The summed E-state index contributed by atoms with van der Waals surface area (Å²) in [4.78, 5) is 6.03. The van der Waals surface area contributed by atoms with E-state index in [4.69, 9.17) is 9.94 Å². The quantitative estimate of drug-likeness (QED) is 0.375. The molecule has 0 aliphatic heterocycles. The molecule has 0 aliphatic rings. The van der Waals surface area contributed by atoms with Gasteiger partial charge in [0, 0.05) is 25.2 Å². The zero-order valence-corrected chi connectivity index (χ0v) is 10.8. The number of rotatable bonds is 5.